The second-order valence-electron chi connectivity index (χ2n) is 8.29. The Balaban J connectivity index is 1.69. The van der Waals surface area contributed by atoms with Gasteiger partial charge in [0.05, 0.1) is 27.1 Å². The highest BCUT2D eigenvalue weighted by molar-refractivity contribution is 7.70. The average Bonchev–Trinajstić information content (AvgIpc) is 3.26. The molecule has 0 amide bonds. The molecule has 0 radical (unpaired) electrons. The molecule has 9 heteroatoms. The van der Waals surface area contributed by atoms with E-state index in [-0.39, 0.29) is 0 Å². The van der Waals surface area contributed by atoms with Gasteiger partial charge >= 0.3 is 0 Å². The number of rotatable bonds is 10. The van der Waals surface area contributed by atoms with E-state index in [1.807, 2.05) is 60.0 Å². The van der Waals surface area contributed by atoms with Crippen molar-refractivity contribution in [2.75, 3.05) is 32.4 Å². The first-order valence-corrected chi connectivity index (χ1v) is 13.6. The van der Waals surface area contributed by atoms with Crippen LogP contribution in [0, 0.1) is 0 Å². The van der Waals surface area contributed by atoms with Crippen LogP contribution in [0.25, 0.3) is 11.2 Å². The Morgan fingerprint density at radius 3 is 2.15 bits per heavy atom. The van der Waals surface area contributed by atoms with Crippen LogP contribution >= 0.6 is 7.14 Å². The predicted octanol–water partition coefficient (Wildman–Crippen LogP) is 4.53. The number of hydrogen-bond donors (Lipinski definition) is 1. The second kappa shape index (κ2) is 10.3. The fourth-order valence-corrected chi connectivity index (χ4v) is 5.44. The summed E-state index contributed by atoms with van der Waals surface area (Å²) < 4.78 is 25.9. The van der Waals surface area contributed by atoms with Crippen molar-refractivity contribution in [3.8, 4) is 11.5 Å². The lowest BCUT2D eigenvalue weighted by Gasteiger charge is -2.14. The Labute approximate surface area is 199 Å². The smallest absolute Gasteiger partial charge is 0.192 e. The maximum absolute atomic E-state index is 13.4. The van der Waals surface area contributed by atoms with E-state index in [1.165, 1.54) is 0 Å². The van der Waals surface area contributed by atoms with Crippen LogP contribution in [0.1, 0.15) is 24.5 Å². The zero-order valence-corrected chi connectivity index (χ0v) is 20.9. The molecule has 1 N–H and O–H groups in total. The fourth-order valence-electron chi connectivity index (χ4n) is 3.77. The summed E-state index contributed by atoms with van der Waals surface area (Å²) in [6.07, 6.45) is 3.12. The molecular formula is C25H30N5O3P. The molecule has 2 aromatic heterocycles. The molecule has 4 aromatic rings. The minimum absolute atomic E-state index is 0.385. The summed E-state index contributed by atoms with van der Waals surface area (Å²) in [5.41, 5.74) is 3.86. The van der Waals surface area contributed by atoms with Crippen LogP contribution in [-0.2, 0) is 17.7 Å². The number of nitrogens with zero attached hydrogens (tertiary/aromatic N) is 4. The van der Waals surface area contributed by atoms with Gasteiger partial charge in [-0.3, -0.25) is 0 Å². The molecule has 2 aromatic carbocycles. The van der Waals surface area contributed by atoms with Gasteiger partial charge in [0.2, 0.25) is 0 Å². The van der Waals surface area contributed by atoms with E-state index in [1.54, 1.807) is 27.2 Å². The molecule has 178 valence electrons. The summed E-state index contributed by atoms with van der Waals surface area (Å²) >= 11 is 0. The maximum atomic E-state index is 13.4. The standard InChI is InChI=1S/C25H30N5O3P/c1-5-14-34(4,31)25-28-23(26-15-18-6-10-20(32-2)11-7-18)22-24(29-25)30(17-27-22)16-19-8-12-21(33-3)13-9-19/h6-13,17H,5,14-16H2,1-4H3,(H,26,28,29). The number of benzene rings is 2. The summed E-state index contributed by atoms with van der Waals surface area (Å²) in [4.78, 5) is 14.0. The van der Waals surface area contributed by atoms with E-state index < -0.39 is 7.14 Å². The molecule has 0 bridgehead atoms. The number of nitrogens with one attached hydrogen (secondary N) is 1. The minimum Gasteiger partial charge on any atom is -0.497 e. The molecular weight excluding hydrogens is 449 g/mol. The van der Waals surface area contributed by atoms with Crippen molar-refractivity contribution >= 4 is 29.7 Å². The van der Waals surface area contributed by atoms with Gasteiger partial charge in [-0.2, -0.15) is 0 Å². The second-order valence-corrected chi connectivity index (χ2v) is 11.3. The summed E-state index contributed by atoms with van der Waals surface area (Å²) in [5, 5.41) is 3.38. The Morgan fingerprint density at radius 1 is 0.941 bits per heavy atom. The van der Waals surface area contributed by atoms with Gasteiger partial charge in [-0.05, 0) is 48.5 Å². The highest BCUT2D eigenvalue weighted by Gasteiger charge is 2.24. The van der Waals surface area contributed by atoms with E-state index in [0.29, 0.717) is 41.8 Å². The summed E-state index contributed by atoms with van der Waals surface area (Å²) in [5.74, 6) is 2.20. The first kappa shape index (κ1) is 23.8. The summed E-state index contributed by atoms with van der Waals surface area (Å²) in [7, 11) is 0.589. The largest absolute Gasteiger partial charge is 0.497 e. The number of imidazole rings is 1. The van der Waals surface area contributed by atoms with Crippen LogP contribution in [0.5, 0.6) is 11.5 Å². The molecule has 0 spiro atoms. The SMILES string of the molecule is CCCP(C)(=O)c1nc(NCc2ccc(OC)cc2)c2ncn(Cc3ccc(OC)cc3)c2n1. The Kier molecular flexibility index (Phi) is 7.17. The van der Waals surface area contributed by atoms with Gasteiger partial charge in [-0.25, -0.2) is 15.0 Å². The Bertz CT molecular complexity index is 1300. The van der Waals surface area contributed by atoms with E-state index in [4.69, 9.17) is 14.5 Å². The number of anilines is 1. The molecule has 1 unspecified atom stereocenters. The van der Waals surface area contributed by atoms with E-state index in [9.17, 15) is 4.57 Å². The molecule has 0 aliphatic rings. The summed E-state index contributed by atoms with van der Waals surface area (Å²) in [6, 6.07) is 15.7. The van der Waals surface area contributed by atoms with Gasteiger partial charge in [0.15, 0.2) is 17.0 Å². The number of fused-ring (bicyclic) bond motifs is 1. The molecule has 0 saturated carbocycles. The van der Waals surface area contributed by atoms with Crippen molar-refractivity contribution in [3.05, 3.63) is 66.0 Å². The number of ether oxygens (including phenoxy) is 2. The molecule has 0 aliphatic carbocycles. The molecule has 8 nitrogen and oxygen atoms in total. The van der Waals surface area contributed by atoms with E-state index in [2.05, 4.69) is 15.3 Å². The monoisotopic (exact) mass is 479 g/mol. The molecule has 34 heavy (non-hydrogen) atoms. The van der Waals surface area contributed by atoms with E-state index >= 15 is 0 Å². The van der Waals surface area contributed by atoms with Crippen LogP contribution in [0.15, 0.2) is 54.9 Å². The lowest BCUT2D eigenvalue weighted by Crippen LogP contribution is -2.19. The highest BCUT2D eigenvalue weighted by atomic mass is 31.2. The third-order valence-electron chi connectivity index (χ3n) is 5.66. The van der Waals surface area contributed by atoms with Crippen LogP contribution < -0.4 is 20.4 Å². The van der Waals surface area contributed by atoms with Crippen molar-refractivity contribution in [1.29, 1.82) is 0 Å². The average molecular weight is 480 g/mol. The van der Waals surface area contributed by atoms with Gasteiger partial charge in [0.1, 0.15) is 24.2 Å². The predicted molar refractivity (Wildman–Crippen MR) is 136 cm³/mol. The molecule has 0 fully saturated rings. The van der Waals surface area contributed by atoms with Crippen molar-refractivity contribution < 1.29 is 14.0 Å². The van der Waals surface area contributed by atoms with Crippen LogP contribution in [0.3, 0.4) is 0 Å². The van der Waals surface area contributed by atoms with Crippen molar-refractivity contribution in [2.24, 2.45) is 0 Å². The molecule has 0 saturated heterocycles. The number of aromatic nitrogens is 4. The van der Waals surface area contributed by atoms with Crippen molar-refractivity contribution in [3.63, 3.8) is 0 Å². The van der Waals surface area contributed by atoms with Gasteiger partial charge < -0.3 is 23.9 Å². The van der Waals surface area contributed by atoms with Crippen LogP contribution in [-0.4, -0.2) is 46.6 Å². The number of methoxy groups -OCH3 is 2. The molecule has 1 atom stereocenters. The highest BCUT2D eigenvalue weighted by Crippen LogP contribution is 2.40. The quantitative estimate of drug-likeness (QED) is 0.334. The lowest BCUT2D eigenvalue weighted by atomic mass is 10.2. The van der Waals surface area contributed by atoms with Crippen LogP contribution in [0.4, 0.5) is 5.82 Å². The fraction of sp³-hybridized carbons (Fsp3) is 0.320. The molecule has 4 rings (SSSR count). The van der Waals surface area contributed by atoms with Gasteiger partial charge in [0.25, 0.3) is 0 Å². The van der Waals surface area contributed by atoms with Crippen molar-refractivity contribution in [2.45, 2.75) is 26.4 Å². The third-order valence-corrected chi connectivity index (χ3v) is 8.00. The van der Waals surface area contributed by atoms with Crippen molar-refractivity contribution in [1.82, 2.24) is 19.5 Å². The zero-order chi connectivity index (χ0) is 24.1. The molecule has 2 heterocycles. The van der Waals surface area contributed by atoms with Gasteiger partial charge in [-0.1, -0.05) is 31.2 Å². The first-order valence-electron chi connectivity index (χ1n) is 11.2. The Hall–Kier alpha value is -3.38. The van der Waals surface area contributed by atoms with Crippen LogP contribution in [0.2, 0.25) is 0 Å². The Morgan fingerprint density at radius 2 is 1.56 bits per heavy atom. The normalized spacial score (nSPS) is 12.9. The zero-order valence-electron chi connectivity index (χ0n) is 20.0. The lowest BCUT2D eigenvalue weighted by molar-refractivity contribution is 0.414. The van der Waals surface area contributed by atoms with Gasteiger partial charge in [0, 0.05) is 12.7 Å². The minimum atomic E-state index is -2.71. The topological polar surface area (TPSA) is 91.2 Å². The van der Waals surface area contributed by atoms with Gasteiger partial charge in [-0.15, -0.1) is 0 Å². The first-order chi connectivity index (χ1) is 16.4. The van der Waals surface area contributed by atoms with E-state index in [0.717, 1.165) is 29.0 Å². The third kappa shape index (κ3) is 5.23. The molecule has 0 aliphatic heterocycles. The summed E-state index contributed by atoms with van der Waals surface area (Å²) in [6.45, 7) is 4.90. The number of hydrogen-bond acceptors (Lipinski definition) is 7. The maximum Gasteiger partial charge on any atom is 0.192 e.